The molecule has 0 saturated carbocycles. The number of fused-ring (bicyclic) bond motifs is 4. The SMILES string of the molecule is CCCCCCCCC1(CCCCCCCC)c2cc(-c3cc(C)cc(C)c3)ccc2-c2ccc(-c3ccc(-c4cc(C)cc(C)c4)c4nsnc34)cc21. The minimum Gasteiger partial charge on any atom is -0.172 e. The van der Waals surface area contributed by atoms with Crippen LogP contribution in [0.1, 0.15) is 137 Å². The van der Waals surface area contributed by atoms with Crippen molar-refractivity contribution in [2.24, 2.45) is 0 Å². The van der Waals surface area contributed by atoms with Gasteiger partial charge in [0.2, 0.25) is 0 Å². The Bertz CT molecular complexity index is 2170. The molecule has 5 aromatic carbocycles. The van der Waals surface area contributed by atoms with E-state index in [1.807, 2.05) is 0 Å². The maximum absolute atomic E-state index is 4.96. The maximum atomic E-state index is 4.96. The molecule has 280 valence electrons. The zero-order valence-corrected chi connectivity index (χ0v) is 34.6. The Labute approximate surface area is 329 Å². The first-order valence-corrected chi connectivity index (χ1v) is 21.8. The predicted molar refractivity (Wildman–Crippen MR) is 235 cm³/mol. The number of benzene rings is 5. The first-order valence-electron chi connectivity index (χ1n) is 21.0. The standard InChI is InChI=1S/C51H60N2S/c1-7-9-11-13-15-17-25-51(26-18-16-14-12-10-8-2)47-33-39(41-29-35(3)27-36(4)30-41)19-21-45(47)46-22-20-40(34-48(46)51)43-23-24-44(50-49(43)52-54-53-50)42-31-37(5)28-38(6)32-42/h19-24,27-34H,7-18,25-26H2,1-6H3. The van der Waals surface area contributed by atoms with Crippen molar-refractivity contribution in [3.63, 3.8) is 0 Å². The summed E-state index contributed by atoms with van der Waals surface area (Å²) in [5.41, 5.74) is 20.7. The van der Waals surface area contributed by atoms with Gasteiger partial charge in [0.05, 0.1) is 11.7 Å². The number of nitrogens with zero attached hydrogens (tertiary/aromatic N) is 2. The largest absolute Gasteiger partial charge is 0.172 e. The third-order valence-electron chi connectivity index (χ3n) is 12.1. The maximum Gasteiger partial charge on any atom is 0.113 e. The van der Waals surface area contributed by atoms with Crippen molar-refractivity contribution in [1.82, 2.24) is 8.75 Å². The minimum absolute atomic E-state index is 0.0104. The van der Waals surface area contributed by atoms with Crippen molar-refractivity contribution in [2.75, 3.05) is 0 Å². The van der Waals surface area contributed by atoms with E-state index in [0.717, 1.165) is 11.0 Å². The lowest BCUT2D eigenvalue weighted by molar-refractivity contribution is 0.398. The number of hydrogen-bond acceptors (Lipinski definition) is 3. The lowest BCUT2D eigenvalue weighted by atomic mass is 9.70. The smallest absolute Gasteiger partial charge is 0.113 e. The lowest BCUT2D eigenvalue weighted by Crippen LogP contribution is -2.25. The third kappa shape index (κ3) is 7.99. The number of hydrogen-bond donors (Lipinski definition) is 0. The average Bonchev–Trinajstić information content (AvgIpc) is 3.75. The minimum atomic E-state index is -0.0104. The number of aromatic nitrogens is 2. The average molecular weight is 733 g/mol. The molecule has 0 N–H and O–H groups in total. The van der Waals surface area contributed by atoms with Crippen LogP contribution >= 0.6 is 11.7 Å². The molecule has 7 rings (SSSR count). The van der Waals surface area contributed by atoms with E-state index in [2.05, 4.69) is 126 Å². The van der Waals surface area contributed by atoms with Crippen molar-refractivity contribution in [3.05, 3.63) is 118 Å². The van der Waals surface area contributed by atoms with E-state index in [9.17, 15) is 0 Å². The second-order valence-electron chi connectivity index (χ2n) is 16.5. The molecule has 0 aliphatic heterocycles. The van der Waals surface area contributed by atoms with E-state index in [4.69, 9.17) is 8.75 Å². The van der Waals surface area contributed by atoms with Crippen LogP contribution in [-0.4, -0.2) is 8.75 Å². The fourth-order valence-electron chi connectivity index (χ4n) is 9.52. The van der Waals surface area contributed by atoms with E-state index < -0.39 is 0 Å². The molecule has 54 heavy (non-hydrogen) atoms. The van der Waals surface area contributed by atoms with Crippen LogP contribution in [0.4, 0.5) is 0 Å². The summed E-state index contributed by atoms with van der Waals surface area (Å²) in [7, 11) is 0. The van der Waals surface area contributed by atoms with Crippen LogP contribution in [-0.2, 0) is 5.41 Å². The van der Waals surface area contributed by atoms with Crippen LogP contribution in [0.15, 0.2) is 84.9 Å². The molecule has 0 atom stereocenters. The van der Waals surface area contributed by atoms with Gasteiger partial charge in [0.15, 0.2) is 0 Å². The Morgan fingerprint density at radius 3 is 1.33 bits per heavy atom. The molecule has 6 aromatic rings. The summed E-state index contributed by atoms with van der Waals surface area (Å²) in [6.07, 6.45) is 18.2. The normalized spacial score (nSPS) is 13.1. The molecule has 0 amide bonds. The Balaban J connectivity index is 1.34. The van der Waals surface area contributed by atoms with Gasteiger partial charge in [-0.15, -0.1) is 0 Å². The first kappa shape index (κ1) is 38.2. The number of unbranched alkanes of at least 4 members (excludes halogenated alkanes) is 10. The van der Waals surface area contributed by atoms with Gasteiger partial charge in [0, 0.05) is 16.5 Å². The van der Waals surface area contributed by atoms with Crippen molar-refractivity contribution >= 4 is 22.8 Å². The van der Waals surface area contributed by atoms with Crippen LogP contribution in [0.3, 0.4) is 0 Å². The van der Waals surface area contributed by atoms with Crippen LogP contribution in [0.5, 0.6) is 0 Å². The summed E-state index contributed by atoms with van der Waals surface area (Å²) in [5.74, 6) is 0. The Hall–Kier alpha value is -4.08. The Morgan fingerprint density at radius 2 is 0.815 bits per heavy atom. The summed E-state index contributed by atoms with van der Waals surface area (Å²) >= 11 is 1.33. The zero-order valence-electron chi connectivity index (χ0n) is 33.8. The molecule has 2 nitrogen and oxygen atoms in total. The van der Waals surface area contributed by atoms with Gasteiger partial charge in [-0.05, 0) is 97.2 Å². The van der Waals surface area contributed by atoms with Crippen LogP contribution < -0.4 is 0 Å². The summed E-state index contributed by atoms with van der Waals surface area (Å²) in [4.78, 5) is 0. The molecule has 0 spiro atoms. The highest BCUT2D eigenvalue weighted by Gasteiger charge is 2.42. The molecule has 1 aliphatic carbocycles. The summed E-state index contributed by atoms with van der Waals surface area (Å²) in [6.45, 7) is 13.4. The molecule has 0 radical (unpaired) electrons. The molecule has 0 saturated heterocycles. The molecular formula is C51H60N2S. The second kappa shape index (κ2) is 17.2. The van der Waals surface area contributed by atoms with Gasteiger partial charge in [-0.25, -0.2) is 0 Å². The van der Waals surface area contributed by atoms with Gasteiger partial charge >= 0.3 is 0 Å². The second-order valence-corrected chi connectivity index (χ2v) is 17.0. The van der Waals surface area contributed by atoms with E-state index >= 15 is 0 Å². The summed E-state index contributed by atoms with van der Waals surface area (Å²) in [6, 6.07) is 33.2. The molecule has 0 bridgehead atoms. The molecule has 1 aliphatic rings. The van der Waals surface area contributed by atoms with Crippen molar-refractivity contribution in [1.29, 1.82) is 0 Å². The molecular weight excluding hydrogens is 673 g/mol. The summed E-state index contributed by atoms with van der Waals surface area (Å²) in [5, 5.41) is 0. The van der Waals surface area contributed by atoms with Gasteiger partial charge in [0.1, 0.15) is 11.0 Å². The monoisotopic (exact) mass is 732 g/mol. The topological polar surface area (TPSA) is 25.8 Å². The number of aryl methyl sites for hydroxylation is 4. The van der Waals surface area contributed by atoms with Gasteiger partial charge in [-0.2, -0.15) is 8.75 Å². The lowest BCUT2D eigenvalue weighted by Gasteiger charge is -2.33. The molecule has 3 heteroatoms. The van der Waals surface area contributed by atoms with Crippen molar-refractivity contribution < 1.29 is 0 Å². The number of rotatable bonds is 17. The fourth-order valence-corrected chi connectivity index (χ4v) is 10.1. The molecule has 1 heterocycles. The third-order valence-corrected chi connectivity index (χ3v) is 12.6. The Kier molecular flexibility index (Phi) is 12.1. The highest BCUT2D eigenvalue weighted by atomic mass is 32.1. The molecule has 0 fully saturated rings. The highest BCUT2D eigenvalue weighted by Crippen LogP contribution is 2.56. The quantitative estimate of drug-likeness (QED) is 0.0873. The van der Waals surface area contributed by atoms with Crippen LogP contribution in [0, 0.1) is 27.7 Å². The van der Waals surface area contributed by atoms with Gasteiger partial charge in [-0.1, -0.05) is 186 Å². The zero-order chi connectivity index (χ0) is 37.7. The highest BCUT2D eigenvalue weighted by molar-refractivity contribution is 7.00. The fraction of sp³-hybridized carbons (Fsp3) is 0.412. The summed E-state index contributed by atoms with van der Waals surface area (Å²) < 4.78 is 9.85. The van der Waals surface area contributed by atoms with Crippen molar-refractivity contribution in [3.8, 4) is 44.5 Å². The van der Waals surface area contributed by atoms with E-state index in [1.165, 1.54) is 174 Å². The van der Waals surface area contributed by atoms with Gasteiger partial charge in [0.25, 0.3) is 0 Å². The first-order chi connectivity index (χ1) is 26.3. The van der Waals surface area contributed by atoms with Gasteiger partial charge < -0.3 is 0 Å². The Morgan fingerprint density at radius 1 is 0.407 bits per heavy atom. The molecule has 1 aromatic heterocycles. The van der Waals surface area contributed by atoms with E-state index in [1.54, 1.807) is 5.56 Å². The molecule has 0 unspecified atom stereocenters. The predicted octanol–water partition coefficient (Wildman–Crippen LogP) is 15.7. The van der Waals surface area contributed by atoms with Crippen LogP contribution in [0.25, 0.3) is 55.5 Å². The van der Waals surface area contributed by atoms with Crippen molar-refractivity contribution in [2.45, 2.75) is 137 Å². The van der Waals surface area contributed by atoms with E-state index in [0.29, 0.717) is 0 Å². The van der Waals surface area contributed by atoms with Gasteiger partial charge in [-0.3, -0.25) is 0 Å². The van der Waals surface area contributed by atoms with E-state index in [-0.39, 0.29) is 5.41 Å². The van der Waals surface area contributed by atoms with Crippen LogP contribution in [0.2, 0.25) is 0 Å².